The van der Waals surface area contributed by atoms with E-state index in [1.165, 1.54) is 12.5 Å². The molecular formula is C19H27F3N3OS+. The van der Waals surface area contributed by atoms with Gasteiger partial charge in [0, 0.05) is 24.7 Å². The van der Waals surface area contributed by atoms with Gasteiger partial charge >= 0.3 is 6.18 Å². The van der Waals surface area contributed by atoms with Crippen LogP contribution in [0.1, 0.15) is 31.2 Å². The van der Waals surface area contributed by atoms with E-state index in [0.29, 0.717) is 16.8 Å². The Morgan fingerprint density at radius 1 is 1.26 bits per heavy atom. The number of hydrogen-bond acceptors (Lipinski definition) is 2. The largest absolute Gasteiger partial charge is 0.416 e. The van der Waals surface area contributed by atoms with Gasteiger partial charge < -0.3 is 19.9 Å². The second-order valence-corrected chi connectivity index (χ2v) is 7.64. The standard InChI is InChI=1S/C19H26F3N3OS/c20-19(21,22)15-4-3-5-16(14-15)23-18(27)25-8-2-1-6-17(25)7-9-24-10-12-26-13-11-24/h3-5,14,17H,1-2,6-13H2,(H,23,27)/p+1/t17-/m0/s1. The minimum atomic E-state index is -4.35. The molecular weight excluding hydrogens is 375 g/mol. The number of likely N-dealkylation sites (tertiary alicyclic amines) is 1. The normalized spacial score (nSPS) is 21.9. The number of piperidine rings is 1. The van der Waals surface area contributed by atoms with E-state index in [1.54, 1.807) is 11.0 Å². The highest BCUT2D eigenvalue weighted by Crippen LogP contribution is 2.31. The summed E-state index contributed by atoms with van der Waals surface area (Å²) in [5.74, 6) is 0. The Kier molecular flexibility index (Phi) is 6.94. The lowest BCUT2D eigenvalue weighted by atomic mass is 9.99. The molecule has 2 saturated heterocycles. The fraction of sp³-hybridized carbons (Fsp3) is 0.632. The molecule has 0 aromatic heterocycles. The number of anilines is 1. The van der Waals surface area contributed by atoms with Gasteiger partial charge in [-0.25, -0.2) is 0 Å². The van der Waals surface area contributed by atoms with Gasteiger partial charge in [-0.05, 0) is 49.7 Å². The molecule has 0 amide bonds. The molecule has 8 heteroatoms. The van der Waals surface area contributed by atoms with Crippen LogP contribution in [0, 0.1) is 0 Å². The number of benzene rings is 1. The molecule has 2 fully saturated rings. The molecule has 0 unspecified atom stereocenters. The third kappa shape index (κ3) is 5.80. The van der Waals surface area contributed by atoms with Crippen LogP contribution >= 0.6 is 12.2 Å². The molecule has 150 valence electrons. The SMILES string of the molecule is FC(F)(F)c1cccc(NC(=S)N2CCCC[C@H]2CC[NH+]2CCOCC2)c1. The molecule has 2 N–H and O–H groups in total. The van der Waals surface area contributed by atoms with Crippen molar-refractivity contribution in [3.8, 4) is 0 Å². The maximum absolute atomic E-state index is 12.9. The molecule has 0 aliphatic carbocycles. The number of ether oxygens (including phenoxy) is 1. The Balaban J connectivity index is 1.59. The summed E-state index contributed by atoms with van der Waals surface area (Å²) in [6.45, 7) is 5.66. The van der Waals surface area contributed by atoms with Crippen LogP contribution < -0.4 is 10.2 Å². The number of halogens is 3. The smallest absolute Gasteiger partial charge is 0.370 e. The van der Waals surface area contributed by atoms with Crippen molar-refractivity contribution in [1.29, 1.82) is 0 Å². The number of rotatable bonds is 4. The first kappa shape index (κ1) is 20.4. The average Bonchev–Trinajstić information content (AvgIpc) is 2.67. The number of quaternary nitrogens is 1. The van der Waals surface area contributed by atoms with Gasteiger partial charge in [0.25, 0.3) is 0 Å². The highest BCUT2D eigenvalue weighted by Gasteiger charge is 2.31. The monoisotopic (exact) mass is 402 g/mol. The molecule has 3 rings (SSSR count). The van der Waals surface area contributed by atoms with Gasteiger partial charge in [-0.15, -0.1) is 0 Å². The van der Waals surface area contributed by atoms with Gasteiger partial charge in [0.2, 0.25) is 0 Å². The Bertz CT molecular complexity index is 635. The van der Waals surface area contributed by atoms with Crippen molar-refractivity contribution in [2.75, 3.05) is 44.7 Å². The number of hydrogen-bond donors (Lipinski definition) is 2. The minimum absolute atomic E-state index is 0.347. The first-order valence-electron chi connectivity index (χ1n) is 9.59. The molecule has 27 heavy (non-hydrogen) atoms. The first-order chi connectivity index (χ1) is 12.9. The van der Waals surface area contributed by atoms with Gasteiger partial charge in [-0.3, -0.25) is 0 Å². The summed E-state index contributed by atoms with van der Waals surface area (Å²) in [7, 11) is 0. The quantitative estimate of drug-likeness (QED) is 0.758. The predicted molar refractivity (Wildman–Crippen MR) is 103 cm³/mol. The molecule has 4 nitrogen and oxygen atoms in total. The highest BCUT2D eigenvalue weighted by molar-refractivity contribution is 7.80. The van der Waals surface area contributed by atoms with Crippen molar-refractivity contribution >= 4 is 23.0 Å². The van der Waals surface area contributed by atoms with Crippen LogP contribution in [0.15, 0.2) is 24.3 Å². The molecule has 2 heterocycles. The van der Waals surface area contributed by atoms with Crippen LogP contribution in [0.4, 0.5) is 18.9 Å². The Hall–Kier alpha value is -1.38. The van der Waals surface area contributed by atoms with Crippen LogP contribution in [0.5, 0.6) is 0 Å². The van der Waals surface area contributed by atoms with Gasteiger partial charge in [-0.1, -0.05) is 6.07 Å². The average molecular weight is 403 g/mol. The Morgan fingerprint density at radius 2 is 2.04 bits per heavy atom. The zero-order chi connectivity index (χ0) is 19.3. The van der Waals surface area contributed by atoms with Gasteiger partial charge in [0.05, 0.1) is 25.3 Å². The maximum atomic E-state index is 12.9. The maximum Gasteiger partial charge on any atom is 0.416 e. The zero-order valence-electron chi connectivity index (χ0n) is 15.4. The minimum Gasteiger partial charge on any atom is -0.370 e. The van der Waals surface area contributed by atoms with Crippen molar-refractivity contribution in [2.45, 2.75) is 37.9 Å². The van der Waals surface area contributed by atoms with Crippen LogP contribution in [0.25, 0.3) is 0 Å². The molecule has 0 radical (unpaired) electrons. The lowest BCUT2D eigenvalue weighted by Crippen LogP contribution is -3.14. The van der Waals surface area contributed by atoms with E-state index < -0.39 is 11.7 Å². The van der Waals surface area contributed by atoms with E-state index in [-0.39, 0.29) is 0 Å². The third-order valence-corrected chi connectivity index (χ3v) is 5.70. The summed E-state index contributed by atoms with van der Waals surface area (Å²) in [4.78, 5) is 3.72. The van der Waals surface area contributed by atoms with Crippen molar-refractivity contribution < 1.29 is 22.8 Å². The molecule has 2 aliphatic heterocycles. The molecule has 1 aromatic carbocycles. The number of nitrogens with one attached hydrogen (secondary N) is 2. The second-order valence-electron chi connectivity index (χ2n) is 7.25. The highest BCUT2D eigenvalue weighted by atomic mass is 32.1. The fourth-order valence-corrected chi connectivity index (χ4v) is 4.18. The number of nitrogens with zero attached hydrogens (tertiary/aromatic N) is 1. The summed E-state index contributed by atoms with van der Waals surface area (Å²) in [5.41, 5.74) is -0.278. The first-order valence-corrected chi connectivity index (χ1v) is 10.0. The second kappa shape index (κ2) is 9.21. The molecule has 0 spiro atoms. The molecule has 0 bridgehead atoms. The Labute approximate surface area is 163 Å². The van der Waals surface area contributed by atoms with Crippen molar-refractivity contribution in [1.82, 2.24) is 4.90 Å². The zero-order valence-corrected chi connectivity index (χ0v) is 16.2. The lowest BCUT2D eigenvalue weighted by molar-refractivity contribution is -0.908. The van der Waals surface area contributed by atoms with Crippen LogP contribution in [0.3, 0.4) is 0 Å². The van der Waals surface area contributed by atoms with E-state index in [4.69, 9.17) is 17.0 Å². The molecule has 0 saturated carbocycles. The topological polar surface area (TPSA) is 28.9 Å². The molecule has 1 aromatic rings. The molecule has 1 atom stereocenters. The van der Waals surface area contributed by atoms with Gasteiger partial charge in [-0.2, -0.15) is 13.2 Å². The summed E-state index contributed by atoms with van der Waals surface area (Å²) >= 11 is 5.55. The van der Waals surface area contributed by atoms with Crippen molar-refractivity contribution in [2.24, 2.45) is 0 Å². The van der Waals surface area contributed by atoms with Gasteiger partial charge in [0.15, 0.2) is 5.11 Å². The van der Waals surface area contributed by atoms with E-state index in [0.717, 1.165) is 70.8 Å². The van der Waals surface area contributed by atoms with Gasteiger partial charge in [0.1, 0.15) is 13.1 Å². The van der Waals surface area contributed by atoms with Crippen LogP contribution in [0.2, 0.25) is 0 Å². The van der Waals surface area contributed by atoms with E-state index in [1.807, 2.05) is 0 Å². The molecule has 2 aliphatic rings. The van der Waals surface area contributed by atoms with Crippen molar-refractivity contribution in [3.63, 3.8) is 0 Å². The number of morpholine rings is 1. The van der Waals surface area contributed by atoms with Crippen LogP contribution in [-0.4, -0.2) is 55.4 Å². The lowest BCUT2D eigenvalue weighted by Gasteiger charge is -2.38. The van der Waals surface area contributed by atoms with E-state index >= 15 is 0 Å². The Morgan fingerprint density at radius 3 is 2.78 bits per heavy atom. The number of thiocarbonyl (C=S) groups is 1. The summed E-state index contributed by atoms with van der Waals surface area (Å²) in [5, 5.41) is 3.55. The predicted octanol–water partition coefficient (Wildman–Crippen LogP) is 2.56. The summed E-state index contributed by atoms with van der Waals surface area (Å²) in [6, 6.07) is 5.56. The van der Waals surface area contributed by atoms with Crippen molar-refractivity contribution in [3.05, 3.63) is 29.8 Å². The number of alkyl halides is 3. The van der Waals surface area contributed by atoms with E-state index in [9.17, 15) is 13.2 Å². The van der Waals surface area contributed by atoms with Crippen LogP contribution in [-0.2, 0) is 10.9 Å². The third-order valence-electron chi connectivity index (χ3n) is 5.36. The van der Waals surface area contributed by atoms with E-state index in [2.05, 4.69) is 10.2 Å². The fourth-order valence-electron chi connectivity index (χ4n) is 3.82. The summed E-state index contributed by atoms with van der Waals surface area (Å²) in [6.07, 6.45) is -0.00105. The summed E-state index contributed by atoms with van der Waals surface area (Å²) < 4.78 is 44.2.